The zero-order valence-electron chi connectivity index (χ0n) is 40.7. The standard InChI is InChI=1S/C19H28N2O6.C13H11N5O2.C10H15N3O.C6H12O.CH5N/c1-10-6-12(7-11(2)17(10)23)18(24)21-9-13(22)8-16-14(20-3)4-5-15(27-16)19(25)26;19-6-5-17-8-11(15-16-17)9-18-13(20)12-4-2-1-3-10(12)7-14-18;14-7-6-13-8-10(11-12-13)9-4-2-1-3-5-9;7-6-4-2-1-3-5-6;1-2/h6-7,13-16,20,22-23H,4-5,8-9H2,1-3H3,(H,21,24)(H,25,26);1-4,6-8H,5,9H2;7-9H,1-6H2;6-7H,1-5H2;2H2,1H3. The van der Waals surface area contributed by atoms with Crippen LogP contribution in [0.15, 0.2) is 59.8 Å². The number of amides is 1. The molecule has 2 aliphatic carbocycles. The molecule has 382 valence electrons. The van der Waals surface area contributed by atoms with Gasteiger partial charge in [-0.3, -0.25) is 9.59 Å². The summed E-state index contributed by atoms with van der Waals surface area (Å²) in [4.78, 5) is 56.4. The van der Waals surface area contributed by atoms with Crippen molar-refractivity contribution in [2.24, 2.45) is 5.73 Å². The first-order valence-electron chi connectivity index (χ1n) is 24.0. The lowest BCUT2D eigenvalue weighted by Gasteiger charge is -2.35. The van der Waals surface area contributed by atoms with Crippen molar-refractivity contribution >= 4 is 35.2 Å². The van der Waals surface area contributed by atoms with Gasteiger partial charge in [0.2, 0.25) is 0 Å². The molecular formula is C49H71N11O10. The minimum absolute atomic E-state index is 0.0197. The molecule has 0 radical (unpaired) electrons. The number of aldehydes is 2. The Kier molecular flexibility index (Phi) is 23.9. The van der Waals surface area contributed by atoms with Crippen molar-refractivity contribution in [3.8, 4) is 5.75 Å². The number of likely N-dealkylation sites (N-methyl/N-ethyl adjacent to an activating group) is 1. The highest BCUT2D eigenvalue weighted by atomic mass is 16.5. The van der Waals surface area contributed by atoms with E-state index in [1.54, 1.807) is 56.2 Å². The molecule has 70 heavy (non-hydrogen) atoms. The number of ether oxygens (including phenoxy) is 1. The summed E-state index contributed by atoms with van der Waals surface area (Å²) >= 11 is 0. The van der Waals surface area contributed by atoms with Crippen LogP contribution >= 0.6 is 0 Å². The number of aromatic hydroxyl groups is 1. The Hall–Kier alpha value is -6.26. The van der Waals surface area contributed by atoms with E-state index in [4.69, 9.17) is 14.9 Å². The molecule has 8 rings (SSSR count). The minimum Gasteiger partial charge on any atom is -0.507 e. The van der Waals surface area contributed by atoms with E-state index < -0.39 is 24.3 Å². The number of hydrogen-bond acceptors (Lipinski definition) is 16. The Morgan fingerprint density at radius 2 is 1.50 bits per heavy atom. The lowest BCUT2D eigenvalue weighted by atomic mass is 9.87. The molecule has 5 aromatic rings. The van der Waals surface area contributed by atoms with Crippen LogP contribution in [0, 0.1) is 13.8 Å². The molecule has 2 saturated carbocycles. The van der Waals surface area contributed by atoms with Gasteiger partial charge in [0.15, 0.2) is 6.10 Å². The van der Waals surface area contributed by atoms with Gasteiger partial charge in [-0.2, -0.15) is 5.10 Å². The van der Waals surface area contributed by atoms with Crippen LogP contribution in [0.3, 0.4) is 0 Å². The lowest BCUT2D eigenvalue weighted by molar-refractivity contribution is -0.163. The number of carboxylic acid groups (broad SMARTS) is 1. The maximum Gasteiger partial charge on any atom is 0.332 e. The molecule has 4 unspecified atom stereocenters. The molecule has 21 nitrogen and oxygen atoms in total. The van der Waals surface area contributed by atoms with Crippen molar-refractivity contribution in [1.82, 2.24) is 50.4 Å². The van der Waals surface area contributed by atoms with Gasteiger partial charge < -0.3 is 51.1 Å². The van der Waals surface area contributed by atoms with Crippen LogP contribution in [0.2, 0.25) is 0 Å². The third kappa shape index (κ3) is 17.6. The summed E-state index contributed by atoms with van der Waals surface area (Å²) in [6.45, 7) is 4.14. The average molecular weight is 974 g/mol. The van der Waals surface area contributed by atoms with Crippen LogP contribution in [0.4, 0.5) is 0 Å². The number of aliphatic carboxylic acids is 1. The fourth-order valence-electron chi connectivity index (χ4n) is 8.49. The predicted molar refractivity (Wildman–Crippen MR) is 261 cm³/mol. The molecule has 21 heteroatoms. The fourth-order valence-corrected chi connectivity index (χ4v) is 8.49. The molecule has 3 fully saturated rings. The van der Waals surface area contributed by atoms with Gasteiger partial charge in [0, 0.05) is 42.1 Å². The Balaban J connectivity index is 0.000000217. The van der Waals surface area contributed by atoms with Crippen molar-refractivity contribution in [2.75, 3.05) is 20.6 Å². The third-order valence-electron chi connectivity index (χ3n) is 12.3. The van der Waals surface area contributed by atoms with Crippen molar-refractivity contribution < 1.29 is 44.3 Å². The SMILES string of the molecule is CN.CNC1CCC(C(=O)O)OC1CC(O)CNC(=O)c1cc(C)c(O)c(C)c1.O=CCn1cc(C2CCCCC2)nn1.O=CCn1cc(Cn2ncc3ccccc3c2=O)nn1.OC1CCCCC1. The van der Waals surface area contributed by atoms with Crippen molar-refractivity contribution in [3.63, 3.8) is 0 Å². The average Bonchev–Trinajstić information content (AvgIpc) is 4.05. The number of aliphatic hydroxyl groups is 2. The summed E-state index contributed by atoms with van der Waals surface area (Å²) < 4.78 is 9.95. The van der Waals surface area contributed by atoms with E-state index in [2.05, 4.69) is 42.1 Å². The smallest absolute Gasteiger partial charge is 0.332 e. The van der Waals surface area contributed by atoms with Crippen LogP contribution in [0.25, 0.3) is 10.8 Å². The summed E-state index contributed by atoms with van der Waals surface area (Å²) in [7, 11) is 3.27. The zero-order chi connectivity index (χ0) is 51.0. The van der Waals surface area contributed by atoms with E-state index in [9.17, 15) is 34.2 Å². The molecule has 1 aliphatic heterocycles. The number of aromatic nitrogens is 8. The Morgan fingerprint density at radius 1 is 0.886 bits per heavy atom. The molecule has 1 amide bonds. The number of carbonyl (C=O) groups is 4. The van der Waals surface area contributed by atoms with Gasteiger partial charge in [-0.1, -0.05) is 67.2 Å². The van der Waals surface area contributed by atoms with E-state index in [-0.39, 0.29) is 55.4 Å². The third-order valence-corrected chi connectivity index (χ3v) is 12.3. The molecule has 3 aliphatic rings. The van der Waals surface area contributed by atoms with Crippen LogP contribution in [0.5, 0.6) is 5.75 Å². The summed E-state index contributed by atoms with van der Waals surface area (Å²) in [6.07, 6.45) is 18.1. The molecule has 0 bridgehead atoms. The number of nitrogens with two attached hydrogens (primary N) is 1. The number of nitrogens with zero attached hydrogens (tertiary/aromatic N) is 8. The first-order valence-corrected chi connectivity index (χ1v) is 24.0. The van der Waals surface area contributed by atoms with Gasteiger partial charge in [-0.05, 0) is 95.8 Å². The highest BCUT2D eigenvalue weighted by Crippen LogP contribution is 2.31. The molecule has 4 heterocycles. The van der Waals surface area contributed by atoms with Gasteiger partial charge in [0.05, 0.1) is 61.4 Å². The van der Waals surface area contributed by atoms with Gasteiger partial charge >= 0.3 is 5.97 Å². The number of aliphatic hydroxyl groups excluding tert-OH is 2. The summed E-state index contributed by atoms with van der Waals surface area (Å²) in [5.74, 6) is -0.620. The van der Waals surface area contributed by atoms with Crippen LogP contribution in [-0.2, 0) is 38.8 Å². The molecule has 8 N–H and O–H groups in total. The molecule has 0 spiro atoms. The number of phenolic OH excluding ortho intramolecular Hbond substituents is 1. The second-order valence-corrected chi connectivity index (χ2v) is 17.5. The van der Waals surface area contributed by atoms with Gasteiger partial charge in [-0.15, -0.1) is 10.2 Å². The van der Waals surface area contributed by atoms with Gasteiger partial charge in [-0.25, -0.2) is 18.8 Å². The lowest BCUT2D eigenvalue weighted by Crippen LogP contribution is -2.50. The monoisotopic (exact) mass is 974 g/mol. The summed E-state index contributed by atoms with van der Waals surface area (Å²) in [6, 6.07) is 10.4. The molecule has 2 aromatic carbocycles. The first kappa shape index (κ1) is 56.3. The largest absolute Gasteiger partial charge is 0.507 e. The zero-order valence-corrected chi connectivity index (χ0v) is 40.7. The van der Waals surface area contributed by atoms with Crippen LogP contribution < -0.4 is 21.9 Å². The molecule has 1 saturated heterocycles. The number of carboxylic acids is 1. The second kappa shape index (κ2) is 29.7. The number of carbonyl (C=O) groups excluding carboxylic acids is 3. The number of benzene rings is 2. The quantitative estimate of drug-likeness (QED) is 0.0785. The first-order chi connectivity index (χ1) is 33.8. The molecule has 4 atom stereocenters. The fraction of sp³-hybridized carbons (Fsp3) is 0.551. The number of fused-ring (bicyclic) bond motifs is 1. The maximum absolute atomic E-state index is 12.3. The number of aryl methyl sites for hydroxylation is 2. The Labute approximate surface area is 407 Å². The van der Waals surface area contributed by atoms with Crippen LogP contribution in [-0.4, -0.2) is 136 Å². The summed E-state index contributed by atoms with van der Waals surface area (Å²) in [5.41, 5.74) is 7.58. The maximum atomic E-state index is 12.3. The van der Waals surface area contributed by atoms with E-state index in [1.165, 1.54) is 67.8 Å². The molecular weight excluding hydrogens is 903 g/mol. The Bertz CT molecular complexity index is 2420. The van der Waals surface area contributed by atoms with Gasteiger partial charge in [0.1, 0.15) is 24.0 Å². The predicted octanol–water partition coefficient (Wildman–Crippen LogP) is 3.36. The highest BCUT2D eigenvalue weighted by Gasteiger charge is 2.35. The Morgan fingerprint density at radius 3 is 2.10 bits per heavy atom. The van der Waals surface area contributed by atoms with Crippen molar-refractivity contribution in [3.05, 3.63) is 93.4 Å². The number of hydrogen-bond donors (Lipinski definition) is 7. The molecule has 3 aromatic heterocycles. The number of phenols is 1. The van der Waals surface area contributed by atoms with E-state index >= 15 is 0 Å². The number of rotatable bonds is 14. The minimum atomic E-state index is -1.00. The highest BCUT2D eigenvalue weighted by molar-refractivity contribution is 5.95. The topological polar surface area (TPSA) is 305 Å². The van der Waals surface area contributed by atoms with E-state index in [0.29, 0.717) is 53.1 Å². The van der Waals surface area contributed by atoms with E-state index in [0.717, 1.165) is 36.5 Å². The second-order valence-electron chi connectivity index (χ2n) is 17.5. The van der Waals surface area contributed by atoms with Gasteiger partial charge in [0.25, 0.3) is 11.5 Å². The van der Waals surface area contributed by atoms with Crippen molar-refractivity contribution in [1.29, 1.82) is 0 Å². The van der Waals surface area contributed by atoms with Crippen LogP contribution in [0.1, 0.15) is 122 Å². The number of nitrogens with one attached hydrogen (secondary N) is 2. The van der Waals surface area contributed by atoms with E-state index in [1.807, 2.05) is 24.4 Å². The van der Waals surface area contributed by atoms with Crippen molar-refractivity contribution in [2.45, 2.75) is 153 Å². The normalized spacial score (nSPS) is 18.5. The summed E-state index contributed by atoms with van der Waals surface area (Å²) in [5, 5.41) is 65.1.